The van der Waals surface area contributed by atoms with E-state index in [1.54, 1.807) is 0 Å². The highest BCUT2D eigenvalue weighted by Gasteiger charge is 2.00. The van der Waals surface area contributed by atoms with E-state index in [4.69, 9.17) is 4.74 Å². The Labute approximate surface area is 73.0 Å². The summed E-state index contributed by atoms with van der Waals surface area (Å²) in [5.74, 6) is 0.642. The zero-order valence-electron chi connectivity index (χ0n) is 7.21. The fraction of sp³-hybridized carbons (Fsp3) is 0.0909. The predicted molar refractivity (Wildman–Crippen MR) is 51.5 cm³/mol. The molecule has 1 heteroatoms. The molecule has 0 N–H and O–H groups in total. The Morgan fingerprint density at radius 1 is 1.42 bits per heavy atom. The van der Waals surface area contributed by atoms with E-state index in [0.29, 0.717) is 5.76 Å². The van der Waals surface area contributed by atoms with Crippen LogP contribution >= 0.6 is 0 Å². The van der Waals surface area contributed by atoms with Crippen molar-refractivity contribution in [2.75, 3.05) is 0 Å². The van der Waals surface area contributed by atoms with Gasteiger partial charge in [0.1, 0.15) is 5.76 Å². The van der Waals surface area contributed by atoms with Crippen molar-refractivity contribution in [3.05, 3.63) is 54.8 Å². The number of ether oxygens (including phenoxy) is 1. The summed E-state index contributed by atoms with van der Waals surface area (Å²) >= 11 is 0. The molecule has 0 spiro atoms. The van der Waals surface area contributed by atoms with Crippen molar-refractivity contribution in [2.45, 2.75) is 6.92 Å². The average molecular weight is 160 g/mol. The molecule has 1 nitrogen and oxygen atoms in total. The largest absolute Gasteiger partial charge is 0.466 e. The molecule has 12 heavy (non-hydrogen) atoms. The molecule has 0 bridgehead atoms. The maximum Gasteiger partial charge on any atom is 0.126 e. The molecule has 0 heterocycles. The molecule has 0 aliphatic rings. The standard InChI is InChI=1S/C11H12O/c1-4-12-10(3)11-8-6-5-7-9(11)2/h4-8H,1,3H2,2H3. The molecule has 0 saturated carbocycles. The lowest BCUT2D eigenvalue weighted by Gasteiger charge is -2.06. The molecule has 0 amide bonds. The van der Waals surface area contributed by atoms with Gasteiger partial charge in [-0.2, -0.15) is 0 Å². The minimum Gasteiger partial charge on any atom is -0.466 e. The Bertz CT molecular complexity index is 300. The summed E-state index contributed by atoms with van der Waals surface area (Å²) in [5.41, 5.74) is 2.18. The third-order valence-corrected chi connectivity index (χ3v) is 1.67. The molecule has 1 rings (SSSR count). The third kappa shape index (κ3) is 1.76. The number of hydrogen-bond acceptors (Lipinski definition) is 1. The normalized spacial score (nSPS) is 9.08. The second-order valence-electron chi connectivity index (χ2n) is 2.52. The van der Waals surface area contributed by atoms with Crippen molar-refractivity contribution in [1.82, 2.24) is 0 Å². The van der Waals surface area contributed by atoms with Crippen molar-refractivity contribution in [3.8, 4) is 0 Å². The second-order valence-corrected chi connectivity index (χ2v) is 2.52. The van der Waals surface area contributed by atoms with Crippen LogP contribution in [-0.2, 0) is 4.74 Å². The summed E-state index contributed by atoms with van der Waals surface area (Å²) in [6.45, 7) is 9.28. The highest BCUT2D eigenvalue weighted by Crippen LogP contribution is 2.17. The monoisotopic (exact) mass is 160 g/mol. The van der Waals surface area contributed by atoms with Crippen molar-refractivity contribution < 1.29 is 4.74 Å². The first-order valence-electron chi connectivity index (χ1n) is 3.78. The van der Waals surface area contributed by atoms with E-state index in [0.717, 1.165) is 11.1 Å². The smallest absolute Gasteiger partial charge is 0.126 e. The van der Waals surface area contributed by atoms with Crippen LogP contribution in [-0.4, -0.2) is 0 Å². The molecule has 0 radical (unpaired) electrons. The summed E-state index contributed by atoms with van der Waals surface area (Å²) in [5, 5.41) is 0. The zero-order valence-corrected chi connectivity index (χ0v) is 7.21. The molecule has 0 atom stereocenters. The molecule has 0 aliphatic carbocycles. The first-order valence-corrected chi connectivity index (χ1v) is 3.78. The van der Waals surface area contributed by atoms with Crippen LogP contribution < -0.4 is 0 Å². The molecule has 0 saturated heterocycles. The van der Waals surface area contributed by atoms with Crippen LogP contribution in [0.25, 0.3) is 5.76 Å². The molecule has 1 aromatic carbocycles. The number of aryl methyl sites for hydroxylation is 1. The van der Waals surface area contributed by atoms with Gasteiger partial charge in [0.2, 0.25) is 0 Å². The van der Waals surface area contributed by atoms with Crippen molar-refractivity contribution in [3.63, 3.8) is 0 Å². The van der Waals surface area contributed by atoms with Crippen molar-refractivity contribution >= 4 is 5.76 Å². The van der Waals surface area contributed by atoms with Crippen LogP contribution in [0.3, 0.4) is 0 Å². The summed E-state index contributed by atoms with van der Waals surface area (Å²) < 4.78 is 5.08. The quantitative estimate of drug-likeness (QED) is 0.617. The average Bonchev–Trinajstić information content (AvgIpc) is 2.05. The molecule has 62 valence electrons. The summed E-state index contributed by atoms with van der Waals surface area (Å²) in [7, 11) is 0. The summed E-state index contributed by atoms with van der Waals surface area (Å²) in [6.07, 6.45) is 1.38. The van der Waals surface area contributed by atoms with Crippen molar-refractivity contribution in [1.29, 1.82) is 0 Å². The highest BCUT2D eigenvalue weighted by molar-refractivity contribution is 5.60. The SMILES string of the molecule is C=COC(=C)c1ccccc1C. The van der Waals surface area contributed by atoms with Gasteiger partial charge in [-0.25, -0.2) is 0 Å². The maximum absolute atomic E-state index is 5.08. The lowest BCUT2D eigenvalue weighted by Crippen LogP contribution is -1.87. The fourth-order valence-corrected chi connectivity index (χ4v) is 1.05. The summed E-state index contributed by atoms with van der Waals surface area (Å²) in [4.78, 5) is 0. The highest BCUT2D eigenvalue weighted by atomic mass is 16.5. The molecule has 1 aromatic rings. The van der Waals surface area contributed by atoms with E-state index in [1.807, 2.05) is 31.2 Å². The molecule has 0 aromatic heterocycles. The van der Waals surface area contributed by atoms with Gasteiger partial charge in [-0.05, 0) is 12.5 Å². The van der Waals surface area contributed by atoms with Crippen LogP contribution in [0, 0.1) is 6.92 Å². The van der Waals surface area contributed by atoms with Crippen LogP contribution in [0.1, 0.15) is 11.1 Å². The van der Waals surface area contributed by atoms with Gasteiger partial charge >= 0.3 is 0 Å². The molecular weight excluding hydrogens is 148 g/mol. The Hall–Kier alpha value is -1.50. The van der Waals surface area contributed by atoms with E-state index in [-0.39, 0.29) is 0 Å². The van der Waals surface area contributed by atoms with E-state index in [2.05, 4.69) is 13.2 Å². The third-order valence-electron chi connectivity index (χ3n) is 1.67. The van der Waals surface area contributed by atoms with E-state index in [9.17, 15) is 0 Å². The van der Waals surface area contributed by atoms with Crippen LogP contribution in [0.2, 0.25) is 0 Å². The minimum atomic E-state index is 0.642. The van der Waals surface area contributed by atoms with Gasteiger partial charge in [0, 0.05) is 5.56 Å². The van der Waals surface area contributed by atoms with Gasteiger partial charge < -0.3 is 4.74 Å². The zero-order chi connectivity index (χ0) is 8.97. The molecule has 0 aliphatic heterocycles. The van der Waals surface area contributed by atoms with Crippen LogP contribution in [0.4, 0.5) is 0 Å². The second kappa shape index (κ2) is 3.77. The van der Waals surface area contributed by atoms with E-state index >= 15 is 0 Å². The molecule has 0 unspecified atom stereocenters. The van der Waals surface area contributed by atoms with Gasteiger partial charge in [-0.3, -0.25) is 0 Å². The van der Waals surface area contributed by atoms with Gasteiger partial charge in [0.05, 0.1) is 6.26 Å². The fourth-order valence-electron chi connectivity index (χ4n) is 1.05. The Kier molecular flexibility index (Phi) is 2.70. The van der Waals surface area contributed by atoms with Gasteiger partial charge in [0.15, 0.2) is 0 Å². The first-order chi connectivity index (χ1) is 5.75. The lowest BCUT2D eigenvalue weighted by atomic mass is 10.1. The summed E-state index contributed by atoms with van der Waals surface area (Å²) in [6, 6.07) is 7.94. The van der Waals surface area contributed by atoms with Crippen molar-refractivity contribution in [2.24, 2.45) is 0 Å². The maximum atomic E-state index is 5.08. The Balaban J connectivity index is 2.94. The number of hydrogen-bond donors (Lipinski definition) is 0. The topological polar surface area (TPSA) is 9.23 Å². The minimum absolute atomic E-state index is 0.642. The molecular formula is C11H12O. The van der Waals surface area contributed by atoms with Gasteiger partial charge in [0.25, 0.3) is 0 Å². The van der Waals surface area contributed by atoms with Gasteiger partial charge in [-0.15, -0.1) is 0 Å². The van der Waals surface area contributed by atoms with E-state index < -0.39 is 0 Å². The first kappa shape index (κ1) is 8.60. The number of benzene rings is 1. The van der Waals surface area contributed by atoms with Crippen LogP contribution in [0.15, 0.2) is 43.7 Å². The Morgan fingerprint density at radius 2 is 2.08 bits per heavy atom. The number of rotatable bonds is 3. The molecule has 0 fully saturated rings. The van der Waals surface area contributed by atoms with Crippen LogP contribution in [0.5, 0.6) is 0 Å². The predicted octanol–water partition coefficient (Wildman–Crippen LogP) is 3.13. The lowest BCUT2D eigenvalue weighted by molar-refractivity contribution is 0.440. The van der Waals surface area contributed by atoms with Gasteiger partial charge in [-0.1, -0.05) is 37.4 Å². The Morgan fingerprint density at radius 3 is 2.67 bits per heavy atom. The van der Waals surface area contributed by atoms with E-state index in [1.165, 1.54) is 6.26 Å².